The zero-order valence-electron chi connectivity index (χ0n) is 16.9. The first-order valence-corrected chi connectivity index (χ1v) is 10.0. The summed E-state index contributed by atoms with van der Waals surface area (Å²) in [5.74, 6) is -1.24. The molecular weight excluding hydrogens is 427 g/mol. The van der Waals surface area contributed by atoms with Crippen LogP contribution in [0.2, 0.25) is 10.0 Å². The predicted octanol–water partition coefficient (Wildman–Crippen LogP) is 3.99. The standard InChI is InChI=1S/C22H22Cl2N2O4/c1-25(2)10-11-26-19(13-4-7-15(23)8-5-13)18(21(28)22(26)29)20(27)14-6-9-17(30-3)16(24)12-14/h4-9,12,19,27H,10-11H2,1-3H3. The molecule has 1 atom stereocenters. The first-order valence-electron chi connectivity index (χ1n) is 9.27. The van der Waals surface area contributed by atoms with Crippen molar-refractivity contribution >= 4 is 40.7 Å². The van der Waals surface area contributed by atoms with Gasteiger partial charge in [-0.05, 0) is 50.0 Å². The number of aliphatic hydroxyl groups is 1. The third-order valence-electron chi connectivity index (χ3n) is 4.94. The smallest absolute Gasteiger partial charge is 0.295 e. The van der Waals surface area contributed by atoms with E-state index in [4.69, 9.17) is 27.9 Å². The first-order chi connectivity index (χ1) is 14.2. The van der Waals surface area contributed by atoms with Gasteiger partial charge in [-0.2, -0.15) is 0 Å². The molecule has 30 heavy (non-hydrogen) atoms. The van der Waals surface area contributed by atoms with Crippen molar-refractivity contribution in [3.63, 3.8) is 0 Å². The van der Waals surface area contributed by atoms with Gasteiger partial charge in [0.2, 0.25) is 0 Å². The highest BCUT2D eigenvalue weighted by molar-refractivity contribution is 6.46. The van der Waals surface area contributed by atoms with Crippen LogP contribution < -0.4 is 4.74 Å². The molecule has 1 amide bonds. The van der Waals surface area contributed by atoms with Crippen LogP contribution in [0.15, 0.2) is 48.0 Å². The van der Waals surface area contributed by atoms with Crippen LogP contribution in [-0.4, -0.2) is 60.9 Å². The van der Waals surface area contributed by atoms with Crippen LogP contribution >= 0.6 is 23.2 Å². The van der Waals surface area contributed by atoms with Gasteiger partial charge in [-0.3, -0.25) is 9.59 Å². The van der Waals surface area contributed by atoms with E-state index in [9.17, 15) is 14.7 Å². The fourth-order valence-corrected chi connectivity index (χ4v) is 3.76. The average Bonchev–Trinajstić information content (AvgIpc) is 2.96. The van der Waals surface area contributed by atoms with E-state index in [0.29, 0.717) is 35.0 Å². The number of halogens is 2. The molecule has 3 rings (SSSR count). The van der Waals surface area contributed by atoms with Gasteiger partial charge in [0.1, 0.15) is 11.5 Å². The van der Waals surface area contributed by atoms with Gasteiger partial charge >= 0.3 is 0 Å². The number of carbonyl (C=O) groups excluding carboxylic acids is 2. The number of hydrogen-bond donors (Lipinski definition) is 1. The van der Waals surface area contributed by atoms with E-state index in [1.807, 2.05) is 19.0 Å². The number of amides is 1. The van der Waals surface area contributed by atoms with E-state index >= 15 is 0 Å². The van der Waals surface area contributed by atoms with Crippen molar-refractivity contribution in [1.82, 2.24) is 9.80 Å². The summed E-state index contributed by atoms with van der Waals surface area (Å²) in [7, 11) is 5.25. The van der Waals surface area contributed by atoms with Crippen molar-refractivity contribution < 1.29 is 19.4 Å². The molecule has 0 radical (unpaired) electrons. The van der Waals surface area contributed by atoms with Crippen molar-refractivity contribution in [2.75, 3.05) is 34.3 Å². The Bertz CT molecular complexity index is 1000. The van der Waals surface area contributed by atoms with E-state index < -0.39 is 17.7 Å². The third kappa shape index (κ3) is 4.31. The van der Waals surface area contributed by atoms with E-state index in [-0.39, 0.29) is 16.4 Å². The summed E-state index contributed by atoms with van der Waals surface area (Å²) in [6.07, 6.45) is 0. The third-order valence-corrected chi connectivity index (χ3v) is 5.49. The van der Waals surface area contributed by atoms with E-state index in [2.05, 4.69) is 0 Å². The summed E-state index contributed by atoms with van der Waals surface area (Å²) in [5, 5.41) is 11.8. The minimum absolute atomic E-state index is 0.0160. The molecule has 1 N–H and O–H groups in total. The second-order valence-corrected chi connectivity index (χ2v) is 8.04. The molecule has 8 heteroatoms. The Morgan fingerprint density at radius 3 is 2.37 bits per heavy atom. The number of likely N-dealkylation sites (tertiary alicyclic amines) is 1. The maximum Gasteiger partial charge on any atom is 0.295 e. The maximum absolute atomic E-state index is 12.9. The monoisotopic (exact) mass is 448 g/mol. The van der Waals surface area contributed by atoms with Crippen LogP contribution in [0.1, 0.15) is 17.2 Å². The van der Waals surface area contributed by atoms with Crippen molar-refractivity contribution in [3.8, 4) is 5.75 Å². The number of nitrogens with zero attached hydrogens (tertiary/aromatic N) is 2. The number of carbonyl (C=O) groups is 2. The fourth-order valence-electron chi connectivity index (χ4n) is 3.38. The minimum atomic E-state index is -0.738. The molecule has 1 aliphatic rings. The van der Waals surface area contributed by atoms with Gasteiger partial charge < -0.3 is 19.6 Å². The number of methoxy groups -OCH3 is 1. The Balaban J connectivity index is 2.14. The van der Waals surface area contributed by atoms with Gasteiger partial charge in [0, 0.05) is 23.7 Å². The van der Waals surface area contributed by atoms with Gasteiger partial charge in [0.15, 0.2) is 0 Å². The highest BCUT2D eigenvalue weighted by Gasteiger charge is 2.45. The summed E-state index contributed by atoms with van der Waals surface area (Å²) < 4.78 is 5.14. The molecule has 0 spiro atoms. The average molecular weight is 449 g/mol. The van der Waals surface area contributed by atoms with E-state index in [0.717, 1.165) is 0 Å². The van der Waals surface area contributed by atoms with Gasteiger partial charge in [0.25, 0.3) is 11.7 Å². The largest absolute Gasteiger partial charge is 0.507 e. The zero-order valence-corrected chi connectivity index (χ0v) is 18.4. The number of ketones is 1. The van der Waals surface area contributed by atoms with Gasteiger partial charge in [-0.1, -0.05) is 35.3 Å². The highest BCUT2D eigenvalue weighted by atomic mass is 35.5. The number of rotatable bonds is 6. The lowest BCUT2D eigenvalue weighted by Gasteiger charge is -2.26. The van der Waals surface area contributed by atoms with Crippen molar-refractivity contribution in [2.24, 2.45) is 0 Å². The summed E-state index contributed by atoms with van der Waals surface area (Å²) in [5.41, 5.74) is 1.02. The predicted molar refractivity (Wildman–Crippen MR) is 117 cm³/mol. The van der Waals surface area contributed by atoms with Crippen LogP contribution in [0.25, 0.3) is 5.76 Å². The van der Waals surface area contributed by atoms with Crippen LogP contribution in [0.5, 0.6) is 5.75 Å². The summed E-state index contributed by atoms with van der Waals surface area (Å²) in [6, 6.07) is 10.8. The first kappa shape index (κ1) is 22.2. The topological polar surface area (TPSA) is 70.1 Å². The summed E-state index contributed by atoms with van der Waals surface area (Å²) >= 11 is 12.2. The SMILES string of the molecule is COc1ccc(C(O)=C2C(=O)C(=O)N(CCN(C)C)C2c2ccc(Cl)cc2)cc1Cl. The Morgan fingerprint density at radius 2 is 1.80 bits per heavy atom. The second-order valence-electron chi connectivity index (χ2n) is 7.20. The van der Waals surface area contributed by atoms with Crippen LogP contribution in [0, 0.1) is 0 Å². The number of hydrogen-bond acceptors (Lipinski definition) is 5. The molecule has 1 unspecified atom stereocenters. The minimum Gasteiger partial charge on any atom is -0.507 e. The number of benzene rings is 2. The summed E-state index contributed by atoms with van der Waals surface area (Å²) in [6.45, 7) is 0.885. The molecule has 2 aromatic rings. The molecule has 0 bridgehead atoms. The summed E-state index contributed by atoms with van der Waals surface area (Å²) in [4.78, 5) is 29.1. The molecule has 0 aliphatic carbocycles. The Hall–Kier alpha value is -2.54. The van der Waals surface area contributed by atoms with E-state index in [1.165, 1.54) is 18.1 Å². The molecule has 1 aliphatic heterocycles. The van der Waals surface area contributed by atoms with Crippen LogP contribution in [-0.2, 0) is 9.59 Å². The number of aliphatic hydroxyl groups excluding tert-OH is 1. The van der Waals surface area contributed by atoms with Crippen molar-refractivity contribution in [1.29, 1.82) is 0 Å². The molecule has 6 nitrogen and oxygen atoms in total. The lowest BCUT2D eigenvalue weighted by molar-refractivity contribution is -0.140. The number of ether oxygens (including phenoxy) is 1. The van der Waals surface area contributed by atoms with Crippen LogP contribution in [0.4, 0.5) is 0 Å². The van der Waals surface area contributed by atoms with Crippen molar-refractivity contribution in [3.05, 3.63) is 69.2 Å². The molecule has 0 saturated carbocycles. The van der Waals surface area contributed by atoms with Gasteiger partial charge in [-0.15, -0.1) is 0 Å². The molecule has 1 saturated heterocycles. The molecule has 2 aromatic carbocycles. The molecular formula is C22H22Cl2N2O4. The van der Waals surface area contributed by atoms with E-state index in [1.54, 1.807) is 36.4 Å². The fraction of sp³-hybridized carbons (Fsp3) is 0.273. The second kappa shape index (κ2) is 9.08. The molecule has 1 fully saturated rings. The van der Waals surface area contributed by atoms with Crippen LogP contribution in [0.3, 0.4) is 0 Å². The number of likely N-dealkylation sites (N-methyl/N-ethyl adjacent to an activating group) is 1. The van der Waals surface area contributed by atoms with Gasteiger partial charge in [0.05, 0.1) is 23.7 Å². The quantitative estimate of drug-likeness (QED) is 0.411. The lowest BCUT2D eigenvalue weighted by Crippen LogP contribution is -2.35. The Kier molecular flexibility index (Phi) is 6.71. The molecule has 0 aromatic heterocycles. The molecule has 1 heterocycles. The number of Topliss-reactive ketones (excluding diaryl/α,β-unsaturated/α-hetero) is 1. The Morgan fingerprint density at radius 1 is 1.13 bits per heavy atom. The maximum atomic E-state index is 12.9. The lowest BCUT2D eigenvalue weighted by atomic mass is 9.95. The van der Waals surface area contributed by atoms with Crippen molar-refractivity contribution in [2.45, 2.75) is 6.04 Å². The highest BCUT2D eigenvalue weighted by Crippen LogP contribution is 2.40. The normalized spacial score (nSPS) is 18.3. The molecule has 158 valence electrons. The Labute approximate surface area is 185 Å². The zero-order chi connectivity index (χ0) is 22.0. The van der Waals surface area contributed by atoms with Gasteiger partial charge in [-0.25, -0.2) is 0 Å².